The van der Waals surface area contributed by atoms with Crippen molar-refractivity contribution >= 4 is 39.1 Å². The van der Waals surface area contributed by atoms with E-state index in [2.05, 4.69) is 5.32 Å². The second-order valence-corrected chi connectivity index (χ2v) is 10.9. The number of benzene rings is 3. The Bertz CT molecular complexity index is 1330. The number of carbonyl (C=O) groups is 2. The van der Waals surface area contributed by atoms with Crippen LogP contribution in [0.4, 0.5) is 5.69 Å². The molecule has 3 rings (SSSR count). The van der Waals surface area contributed by atoms with Crippen LogP contribution in [-0.4, -0.2) is 44.8 Å². The molecule has 1 N–H and O–H groups in total. The lowest BCUT2D eigenvalue weighted by atomic mass is 10.1. The molecule has 0 unspecified atom stereocenters. The molecule has 0 bridgehead atoms. The van der Waals surface area contributed by atoms with Crippen molar-refractivity contribution in [2.75, 3.05) is 17.9 Å². The first kappa shape index (κ1) is 27.2. The zero-order valence-electron chi connectivity index (χ0n) is 20.7. The molecule has 0 radical (unpaired) electrons. The SMILES string of the molecule is CNC(=O)[C@H](C)N(Cc1cccc(C)c1)C(=O)CN(c1ccc(Cl)cc1)S(=O)(=O)c1ccc(C)cc1. The van der Waals surface area contributed by atoms with E-state index < -0.39 is 28.5 Å². The van der Waals surface area contributed by atoms with E-state index in [1.165, 1.54) is 24.1 Å². The molecule has 36 heavy (non-hydrogen) atoms. The number of nitrogens with one attached hydrogen (secondary N) is 1. The Hall–Kier alpha value is -3.36. The fourth-order valence-electron chi connectivity index (χ4n) is 3.77. The van der Waals surface area contributed by atoms with Crippen molar-refractivity contribution in [3.05, 3.63) is 94.5 Å². The van der Waals surface area contributed by atoms with Gasteiger partial charge in [0.25, 0.3) is 10.0 Å². The molecule has 0 saturated carbocycles. The summed E-state index contributed by atoms with van der Waals surface area (Å²) < 4.78 is 28.4. The molecule has 0 spiro atoms. The van der Waals surface area contributed by atoms with Gasteiger partial charge in [-0.25, -0.2) is 8.42 Å². The third-order valence-corrected chi connectivity index (χ3v) is 7.89. The first-order valence-electron chi connectivity index (χ1n) is 11.4. The maximum Gasteiger partial charge on any atom is 0.264 e. The molecular weight excluding hydrogens is 498 g/mol. The molecule has 190 valence electrons. The maximum absolute atomic E-state index is 13.7. The molecule has 0 aliphatic heterocycles. The first-order valence-corrected chi connectivity index (χ1v) is 13.3. The van der Waals surface area contributed by atoms with Crippen LogP contribution in [0.25, 0.3) is 0 Å². The quantitative estimate of drug-likeness (QED) is 0.449. The summed E-state index contributed by atoms with van der Waals surface area (Å²) in [6.45, 7) is 5.07. The van der Waals surface area contributed by atoms with Gasteiger partial charge in [-0.1, -0.05) is 59.1 Å². The van der Waals surface area contributed by atoms with Gasteiger partial charge in [-0.05, 0) is 62.7 Å². The summed E-state index contributed by atoms with van der Waals surface area (Å²) >= 11 is 6.03. The molecule has 1 atom stereocenters. The predicted molar refractivity (Wildman–Crippen MR) is 142 cm³/mol. The number of anilines is 1. The van der Waals surface area contributed by atoms with Gasteiger partial charge in [0.1, 0.15) is 12.6 Å². The standard InChI is InChI=1S/C27H30ClN3O4S/c1-19-8-14-25(15-9-19)36(34,35)31(24-12-10-23(28)11-13-24)18-26(32)30(21(3)27(33)29-4)17-22-7-5-6-20(2)16-22/h5-16,21H,17-18H2,1-4H3,(H,29,33)/t21-/m0/s1. The van der Waals surface area contributed by atoms with Crippen LogP contribution in [0.1, 0.15) is 23.6 Å². The number of sulfonamides is 1. The summed E-state index contributed by atoms with van der Waals surface area (Å²) in [5, 5.41) is 3.01. The number of hydrogen-bond donors (Lipinski definition) is 1. The van der Waals surface area contributed by atoms with Crippen molar-refractivity contribution < 1.29 is 18.0 Å². The Kier molecular flexibility index (Phi) is 8.76. The van der Waals surface area contributed by atoms with E-state index in [9.17, 15) is 18.0 Å². The van der Waals surface area contributed by atoms with Gasteiger partial charge in [0.05, 0.1) is 10.6 Å². The van der Waals surface area contributed by atoms with Gasteiger partial charge in [-0.3, -0.25) is 13.9 Å². The van der Waals surface area contributed by atoms with Crippen LogP contribution in [0.3, 0.4) is 0 Å². The molecule has 3 aromatic rings. The summed E-state index contributed by atoms with van der Waals surface area (Å²) in [5.41, 5.74) is 3.04. The lowest BCUT2D eigenvalue weighted by molar-refractivity contribution is -0.139. The fraction of sp³-hybridized carbons (Fsp3) is 0.259. The fourth-order valence-corrected chi connectivity index (χ4v) is 5.31. The number of nitrogens with zero attached hydrogens (tertiary/aromatic N) is 2. The summed E-state index contributed by atoms with van der Waals surface area (Å²) in [5.74, 6) is -0.867. The van der Waals surface area contributed by atoms with Gasteiger partial charge >= 0.3 is 0 Å². The molecule has 0 aliphatic carbocycles. The van der Waals surface area contributed by atoms with E-state index in [1.54, 1.807) is 43.3 Å². The van der Waals surface area contributed by atoms with Crippen LogP contribution in [0, 0.1) is 13.8 Å². The normalized spacial score (nSPS) is 12.0. The number of carbonyl (C=O) groups excluding carboxylic acids is 2. The van der Waals surface area contributed by atoms with Crippen LogP contribution in [0.5, 0.6) is 0 Å². The van der Waals surface area contributed by atoms with Crippen molar-refractivity contribution in [2.45, 2.75) is 38.3 Å². The molecule has 0 saturated heterocycles. The van der Waals surface area contributed by atoms with Crippen LogP contribution in [-0.2, 0) is 26.2 Å². The number of likely N-dealkylation sites (N-methyl/N-ethyl adjacent to an activating group) is 1. The summed E-state index contributed by atoms with van der Waals surface area (Å²) in [4.78, 5) is 27.6. The molecule has 7 nitrogen and oxygen atoms in total. The van der Waals surface area contributed by atoms with E-state index in [-0.39, 0.29) is 23.0 Å². The minimum atomic E-state index is -4.10. The van der Waals surface area contributed by atoms with Crippen molar-refractivity contribution in [2.24, 2.45) is 0 Å². The highest BCUT2D eigenvalue weighted by Gasteiger charge is 2.32. The summed E-state index contributed by atoms with van der Waals surface area (Å²) in [6.07, 6.45) is 0. The van der Waals surface area contributed by atoms with Gasteiger partial charge in [-0.15, -0.1) is 0 Å². The Morgan fingerprint density at radius 1 is 0.944 bits per heavy atom. The number of amides is 2. The van der Waals surface area contributed by atoms with Crippen molar-refractivity contribution in [3.63, 3.8) is 0 Å². The van der Waals surface area contributed by atoms with Crippen molar-refractivity contribution in [1.29, 1.82) is 0 Å². The Morgan fingerprint density at radius 2 is 1.58 bits per heavy atom. The molecule has 0 aromatic heterocycles. The van der Waals surface area contributed by atoms with Crippen LogP contribution in [0.15, 0.2) is 77.7 Å². The largest absolute Gasteiger partial charge is 0.357 e. The van der Waals surface area contributed by atoms with Gasteiger partial charge in [-0.2, -0.15) is 0 Å². The third-order valence-electron chi connectivity index (χ3n) is 5.85. The Morgan fingerprint density at radius 3 is 2.17 bits per heavy atom. The van der Waals surface area contributed by atoms with E-state index in [1.807, 2.05) is 38.1 Å². The minimum absolute atomic E-state index is 0.0560. The first-order chi connectivity index (χ1) is 17.0. The van der Waals surface area contributed by atoms with Gasteiger partial charge in [0.2, 0.25) is 11.8 Å². The monoisotopic (exact) mass is 527 g/mol. The lowest BCUT2D eigenvalue weighted by Gasteiger charge is -2.31. The predicted octanol–water partition coefficient (Wildman–Crippen LogP) is 4.32. The second kappa shape index (κ2) is 11.6. The van der Waals surface area contributed by atoms with E-state index >= 15 is 0 Å². The van der Waals surface area contributed by atoms with E-state index in [0.29, 0.717) is 5.02 Å². The Labute approximate surface area is 217 Å². The van der Waals surface area contributed by atoms with Gasteiger partial charge in [0, 0.05) is 18.6 Å². The van der Waals surface area contributed by atoms with E-state index in [4.69, 9.17) is 11.6 Å². The van der Waals surface area contributed by atoms with Crippen LogP contribution in [0.2, 0.25) is 5.02 Å². The number of halogens is 1. The average Bonchev–Trinajstić information content (AvgIpc) is 2.85. The lowest BCUT2D eigenvalue weighted by Crippen LogP contribution is -2.50. The van der Waals surface area contributed by atoms with E-state index in [0.717, 1.165) is 21.0 Å². The maximum atomic E-state index is 13.7. The van der Waals surface area contributed by atoms with Crippen molar-refractivity contribution in [3.8, 4) is 0 Å². The molecule has 3 aromatic carbocycles. The molecule has 9 heteroatoms. The summed E-state index contributed by atoms with van der Waals surface area (Å²) in [7, 11) is -2.61. The van der Waals surface area contributed by atoms with Crippen molar-refractivity contribution in [1.82, 2.24) is 10.2 Å². The average molecular weight is 528 g/mol. The molecule has 0 fully saturated rings. The topological polar surface area (TPSA) is 86.8 Å². The highest BCUT2D eigenvalue weighted by molar-refractivity contribution is 7.92. The third kappa shape index (κ3) is 6.44. The number of rotatable bonds is 9. The molecule has 2 amide bonds. The Balaban J connectivity index is 2.02. The minimum Gasteiger partial charge on any atom is -0.357 e. The van der Waals surface area contributed by atoms with Crippen LogP contribution >= 0.6 is 11.6 Å². The van der Waals surface area contributed by atoms with Gasteiger partial charge < -0.3 is 10.2 Å². The zero-order chi connectivity index (χ0) is 26.5. The molecule has 0 aliphatic rings. The second-order valence-electron chi connectivity index (χ2n) is 8.60. The van der Waals surface area contributed by atoms with Gasteiger partial charge in [0.15, 0.2) is 0 Å². The smallest absolute Gasteiger partial charge is 0.264 e. The highest BCUT2D eigenvalue weighted by Crippen LogP contribution is 2.26. The molecule has 0 heterocycles. The number of aryl methyl sites for hydroxylation is 2. The summed E-state index contributed by atoms with van der Waals surface area (Å²) in [6, 6.07) is 19.4. The molecular formula is C27H30ClN3O4S. The van der Waals surface area contributed by atoms with Crippen LogP contribution < -0.4 is 9.62 Å². The number of hydrogen-bond acceptors (Lipinski definition) is 4. The highest BCUT2D eigenvalue weighted by atomic mass is 35.5. The zero-order valence-corrected chi connectivity index (χ0v) is 22.3.